The zero-order valence-electron chi connectivity index (χ0n) is 10.3. The number of methoxy groups -OCH3 is 1. The van der Waals surface area contributed by atoms with Crippen molar-refractivity contribution in [2.45, 2.75) is 52.0 Å². The first-order valence-corrected chi connectivity index (χ1v) is 5.86. The standard InChI is InChI=1S/C12H21NO3/c1-9(8-10(14)16-3)13-11(15)12(2)6-4-5-7-12/h9H,4-8H2,1-3H3,(H,13,15)/t9-/m0/s1. The largest absolute Gasteiger partial charge is 0.469 e. The van der Waals surface area contributed by atoms with Crippen LogP contribution in [0.15, 0.2) is 0 Å². The van der Waals surface area contributed by atoms with Crippen LogP contribution in [0.5, 0.6) is 0 Å². The monoisotopic (exact) mass is 227 g/mol. The van der Waals surface area contributed by atoms with Crippen molar-refractivity contribution in [2.75, 3.05) is 7.11 Å². The zero-order valence-corrected chi connectivity index (χ0v) is 10.3. The van der Waals surface area contributed by atoms with Gasteiger partial charge in [-0.3, -0.25) is 9.59 Å². The Balaban J connectivity index is 2.41. The molecule has 92 valence electrons. The second-order valence-electron chi connectivity index (χ2n) is 4.92. The maximum atomic E-state index is 12.0. The highest BCUT2D eigenvalue weighted by molar-refractivity contribution is 5.83. The van der Waals surface area contributed by atoms with Crippen LogP contribution < -0.4 is 5.32 Å². The lowest BCUT2D eigenvalue weighted by Gasteiger charge is -2.24. The van der Waals surface area contributed by atoms with Gasteiger partial charge in [0, 0.05) is 11.5 Å². The summed E-state index contributed by atoms with van der Waals surface area (Å²) in [7, 11) is 1.36. The lowest BCUT2D eigenvalue weighted by atomic mass is 9.87. The summed E-state index contributed by atoms with van der Waals surface area (Å²) in [6.07, 6.45) is 4.37. The number of hydrogen-bond donors (Lipinski definition) is 1. The smallest absolute Gasteiger partial charge is 0.307 e. The van der Waals surface area contributed by atoms with E-state index in [9.17, 15) is 9.59 Å². The van der Waals surface area contributed by atoms with Crippen LogP contribution >= 0.6 is 0 Å². The molecule has 0 saturated heterocycles. The third-order valence-corrected chi connectivity index (χ3v) is 3.33. The van der Waals surface area contributed by atoms with Gasteiger partial charge in [-0.25, -0.2) is 0 Å². The van der Waals surface area contributed by atoms with E-state index in [2.05, 4.69) is 10.1 Å². The fourth-order valence-corrected chi connectivity index (χ4v) is 2.16. The second kappa shape index (κ2) is 5.32. The summed E-state index contributed by atoms with van der Waals surface area (Å²) in [6.45, 7) is 3.83. The van der Waals surface area contributed by atoms with E-state index in [1.165, 1.54) is 7.11 Å². The molecule has 1 saturated carbocycles. The van der Waals surface area contributed by atoms with Crippen LogP contribution in [0.3, 0.4) is 0 Å². The van der Waals surface area contributed by atoms with E-state index >= 15 is 0 Å². The molecular weight excluding hydrogens is 206 g/mol. The molecule has 1 amide bonds. The van der Waals surface area contributed by atoms with Crippen LogP contribution in [0.4, 0.5) is 0 Å². The van der Waals surface area contributed by atoms with Crippen LogP contribution in [-0.4, -0.2) is 25.0 Å². The van der Waals surface area contributed by atoms with E-state index in [0.29, 0.717) is 0 Å². The normalized spacial score (nSPS) is 20.2. The van der Waals surface area contributed by atoms with E-state index in [1.807, 2.05) is 13.8 Å². The van der Waals surface area contributed by atoms with Gasteiger partial charge in [0.15, 0.2) is 0 Å². The highest BCUT2D eigenvalue weighted by Gasteiger charge is 2.36. The minimum atomic E-state index is -0.288. The molecule has 4 heteroatoms. The van der Waals surface area contributed by atoms with Gasteiger partial charge in [0.25, 0.3) is 0 Å². The summed E-state index contributed by atoms with van der Waals surface area (Å²) in [5.41, 5.74) is -0.232. The lowest BCUT2D eigenvalue weighted by molar-refractivity contribution is -0.141. The van der Waals surface area contributed by atoms with Crippen molar-refractivity contribution in [1.29, 1.82) is 0 Å². The first-order valence-electron chi connectivity index (χ1n) is 5.86. The van der Waals surface area contributed by atoms with Crippen molar-refractivity contribution >= 4 is 11.9 Å². The molecule has 1 N–H and O–H groups in total. The van der Waals surface area contributed by atoms with Crippen molar-refractivity contribution in [3.05, 3.63) is 0 Å². The molecule has 0 bridgehead atoms. The molecule has 0 spiro atoms. The number of amides is 1. The minimum absolute atomic E-state index is 0.0707. The second-order valence-corrected chi connectivity index (χ2v) is 4.92. The number of carbonyl (C=O) groups excluding carboxylic acids is 2. The first kappa shape index (κ1) is 13.0. The highest BCUT2D eigenvalue weighted by atomic mass is 16.5. The van der Waals surface area contributed by atoms with Crippen LogP contribution in [0.1, 0.15) is 46.0 Å². The molecule has 4 nitrogen and oxygen atoms in total. The molecule has 16 heavy (non-hydrogen) atoms. The maximum absolute atomic E-state index is 12.0. The van der Waals surface area contributed by atoms with Gasteiger partial charge >= 0.3 is 5.97 Å². The summed E-state index contributed by atoms with van der Waals surface area (Å²) in [6, 6.07) is -0.155. The van der Waals surface area contributed by atoms with Crippen molar-refractivity contribution in [1.82, 2.24) is 5.32 Å². The van der Waals surface area contributed by atoms with Gasteiger partial charge in [-0.05, 0) is 19.8 Å². The number of ether oxygens (including phenoxy) is 1. The van der Waals surface area contributed by atoms with Gasteiger partial charge in [0.05, 0.1) is 13.5 Å². The highest BCUT2D eigenvalue weighted by Crippen LogP contribution is 2.37. The summed E-state index contributed by atoms with van der Waals surface area (Å²) in [4.78, 5) is 23.0. The van der Waals surface area contributed by atoms with Gasteiger partial charge < -0.3 is 10.1 Å². The fraction of sp³-hybridized carbons (Fsp3) is 0.833. The van der Waals surface area contributed by atoms with Gasteiger partial charge in [-0.15, -0.1) is 0 Å². The molecule has 1 rings (SSSR count). The summed E-state index contributed by atoms with van der Waals surface area (Å²) >= 11 is 0. The number of esters is 1. The molecule has 0 aliphatic heterocycles. The van der Waals surface area contributed by atoms with Crippen LogP contribution in [0.2, 0.25) is 0 Å². The Morgan fingerprint density at radius 3 is 2.44 bits per heavy atom. The van der Waals surface area contributed by atoms with Crippen LogP contribution in [0, 0.1) is 5.41 Å². The summed E-state index contributed by atoms with van der Waals surface area (Å²) < 4.78 is 4.56. The molecule has 1 aliphatic carbocycles. The minimum Gasteiger partial charge on any atom is -0.469 e. The molecule has 1 atom stereocenters. The topological polar surface area (TPSA) is 55.4 Å². The van der Waals surface area contributed by atoms with Crippen molar-refractivity contribution in [3.8, 4) is 0 Å². The summed E-state index contributed by atoms with van der Waals surface area (Å²) in [5.74, 6) is -0.217. The van der Waals surface area contributed by atoms with Gasteiger partial charge in [-0.2, -0.15) is 0 Å². The third-order valence-electron chi connectivity index (χ3n) is 3.33. The Bertz CT molecular complexity index is 269. The predicted octanol–water partition coefficient (Wildman–Crippen LogP) is 1.63. The number of nitrogens with one attached hydrogen (secondary N) is 1. The van der Waals surface area contributed by atoms with E-state index < -0.39 is 0 Å². The Morgan fingerprint density at radius 2 is 1.94 bits per heavy atom. The average molecular weight is 227 g/mol. The quantitative estimate of drug-likeness (QED) is 0.743. The zero-order chi connectivity index (χ0) is 12.2. The van der Waals surface area contributed by atoms with Crippen molar-refractivity contribution < 1.29 is 14.3 Å². The Kier molecular flexibility index (Phi) is 4.33. The molecule has 0 radical (unpaired) electrons. The lowest BCUT2D eigenvalue weighted by Crippen LogP contribution is -2.42. The predicted molar refractivity (Wildman–Crippen MR) is 60.8 cm³/mol. The van der Waals surface area contributed by atoms with Crippen molar-refractivity contribution in [2.24, 2.45) is 5.41 Å². The Morgan fingerprint density at radius 1 is 1.38 bits per heavy atom. The summed E-state index contributed by atoms with van der Waals surface area (Å²) in [5, 5.41) is 2.89. The fourth-order valence-electron chi connectivity index (χ4n) is 2.16. The van der Waals surface area contributed by atoms with E-state index in [1.54, 1.807) is 0 Å². The van der Waals surface area contributed by atoms with Crippen LogP contribution in [-0.2, 0) is 14.3 Å². The number of carbonyl (C=O) groups is 2. The van der Waals surface area contributed by atoms with Gasteiger partial charge in [-0.1, -0.05) is 19.8 Å². The molecular formula is C12H21NO3. The maximum Gasteiger partial charge on any atom is 0.307 e. The Labute approximate surface area is 96.7 Å². The molecule has 0 aromatic rings. The molecule has 1 aliphatic rings. The molecule has 0 heterocycles. The Hall–Kier alpha value is -1.06. The molecule has 0 aromatic carbocycles. The van der Waals surface area contributed by atoms with E-state index in [4.69, 9.17) is 0 Å². The number of rotatable bonds is 4. The molecule has 0 aromatic heterocycles. The van der Waals surface area contributed by atoms with E-state index in [0.717, 1.165) is 25.7 Å². The molecule has 1 fully saturated rings. The SMILES string of the molecule is COC(=O)C[C@H](C)NC(=O)C1(C)CCCC1. The van der Waals surface area contributed by atoms with Gasteiger partial charge in [0.1, 0.15) is 0 Å². The van der Waals surface area contributed by atoms with Crippen molar-refractivity contribution in [3.63, 3.8) is 0 Å². The number of hydrogen-bond acceptors (Lipinski definition) is 3. The third kappa shape index (κ3) is 3.22. The molecule has 0 unspecified atom stereocenters. The van der Waals surface area contributed by atoms with E-state index in [-0.39, 0.29) is 29.8 Å². The average Bonchev–Trinajstić information content (AvgIpc) is 2.66. The van der Waals surface area contributed by atoms with Gasteiger partial charge in [0.2, 0.25) is 5.91 Å². The first-order chi connectivity index (χ1) is 7.48. The van der Waals surface area contributed by atoms with Crippen LogP contribution in [0.25, 0.3) is 0 Å².